The summed E-state index contributed by atoms with van der Waals surface area (Å²) >= 11 is 0. The zero-order chi connectivity index (χ0) is 32.9. The Labute approximate surface area is 249 Å². The number of halogens is 3. The Bertz CT molecular complexity index is 1360. The maximum absolute atomic E-state index is 14.1. The molecule has 2 rings (SSSR count). The lowest BCUT2D eigenvalue weighted by Crippen LogP contribution is -2.47. The molecule has 240 valence electrons. The predicted molar refractivity (Wildman–Crippen MR) is 153 cm³/mol. The summed E-state index contributed by atoms with van der Waals surface area (Å²) in [6.07, 6.45) is -5.91. The van der Waals surface area contributed by atoms with Crippen molar-refractivity contribution in [2.75, 3.05) is 18.6 Å². The number of hydrogen-bond donors (Lipinski definition) is 3. The maximum Gasteiger partial charge on any atom is 0.423 e. The number of methoxy groups -OCH3 is 1. The predicted octanol–water partition coefficient (Wildman–Crippen LogP) is 4.96. The van der Waals surface area contributed by atoms with Gasteiger partial charge in [-0.05, 0) is 72.2 Å². The lowest BCUT2D eigenvalue weighted by molar-refractivity contribution is -0.269. The third kappa shape index (κ3) is 11.0. The molecule has 0 bridgehead atoms. The first-order valence-electron chi connectivity index (χ1n) is 13.3. The van der Waals surface area contributed by atoms with Gasteiger partial charge < -0.3 is 24.6 Å². The topological polar surface area (TPSA) is 161 Å². The van der Waals surface area contributed by atoms with Gasteiger partial charge in [-0.15, -0.1) is 0 Å². The third-order valence-corrected chi connectivity index (χ3v) is 7.60. The molecule has 0 aliphatic heterocycles. The molecule has 1 amide bonds. The molecule has 0 aliphatic carbocycles. The van der Waals surface area contributed by atoms with Crippen molar-refractivity contribution in [2.45, 2.75) is 83.4 Å². The van der Waals surface area contributed by atoms with Crippen molar-refractivity contribution in [3.05, 3.63) is 42.4 Å². The largest absolute Gasteiger partial charge is 0.497 e. The van der Waals surface area contributed by atoms with Gasteiger partial charge in [-0.25, -0.2) is 13.8 Å². The smallest absolute Gasteiger partial charge is 0.423 e. The Hall–Kier alpha value is -3.46. The summed E-state index contributed by atoms with van der Waals surface area (Å²) in [5, 5.41) is 13.0. The molecule has 43 heavy (non-hydrogen) atoms. The van der Waals surface area contributed by atoms with Crippen LogP contribution in [0.4, 0.5) is 18.0 Å². The minimum atomic E-state index is -5.24. The summed E-state index contributed by atoms with van der Waals surface area (Å²) in [6, 6.07) is 5.15. The van der Waals surface area contributed by atoms with E-state index in [1.807, 2.05) is 0 Å². The van der Waals surface area contributed by atoms with E-state index in [-0.39, 0.29) is 5.69 Å². The van der Waals surface area contributed by atoms with Gasteiger partial charge in [0.05, 0.1) is 30.9 Å². The van der Waals surface area contributed by atoms with Gasteiger partial charge in [0.15, 0.2) is 0 Å². The molecule has 1 aromatic heterocycles. The normalized spacial score (nSPS) is 15.9. The standard InChI is InChI=1S/C28H39F3N4O7S/c1-25(2,3)41-23(36)20(35-24(37)42-26(4,5)6)12-14-43(32,39)15-13-27(38,28(29,30)31)22-17-33-21(16-34-22)18-8-10-19(40-7)11-9-18/h8-11,16-17,20,32,38H,12-15H2,1-7H3,(H,35,37)/t20-,27?,43?/m0/s1. The Morgan fingerprint density at radius 2 is 1.56 bits per heavy atom. The first-order valence-corrected chi connectivity index (χ1v) is 15.2. The summed E-state index contributed by atoms with van der Waals surface area (Å²) in [4.78, 5) is 32.8. The van der Waals surface area contributed by atoms with E-state index in [0.29, 0.717) is 11.3 Å². The number of benzene rings is 1. The maximum atomic E-state index is 14.1. The number of aromatic nitrogens is 2. The van der Waals surface area contributed by atoms with Gasteiger partial charge in [-0.1, -0.05) is 0 Å². The molecule has 0 saturated heterocycles. The summed E-state index contributed by atoms with van der Waals surface area (Å²) in [5.41, 5.74) is -5.44. The lowest BCUT2D eigenvalue weighted by atomic mass is 9.96. The fraction of sp³-hybridized carbons (Fsp3) is 0.571. The van der Waals surface area contributed by atoms with E-state index in [0.717, 1.165) is 12.4 Å². The van der Waals surface area contributed by atoms with Crippen molar-refractivity contribution in [3.8, 4) is 17.0 Å². The van der Waals surface area contributed by atoms with Crippen LogP contribution in [0.2, 0.25) is 0 Å². The van der Waals surface area contributed by atoms with Gasteiger partial charge in [0.1, 0.15) is 23.0 Å². The van der Waals surface area contributed by atoms with E-state index < -0.39 is 80.9 Å². The van der Waals surface area contributed by atoms with Crippen LogP contribution in [0, 0.1) is 4.78 Å². The van der Waals surface area contributed by atoms with Crippen LogP contribution in [0.3, 0.4) is 0 Å². The van der Waals surface area contributed by atoms with Crippen LogP contribution in [0.1, 0.15) is 60.1 Å². The Kier molecular flexibility index (Phi) is 11.2. The molecule has 2 aromatic rings. The number of nitrogens with one attached hydrogen (secondary N) is 2. The molecular formula is C28H39F3N4O7S. The summed E-state index contributed by atoms with van der Waals surface area (Å²) < 4.78 is 79.1. The monoisotopic (exact) mass is 632 g/mol. The van der Waals surface area contributed by atoms with Gasteiger partial charge in [-0.2, -0.15) is 13.2 Å². The van der Waals surface area contributed by atoms with E-state index in [1.165, 1.54) is 7.11 Å². The van der Waals surface area contributed by atoms with Gasteiger partial charge in [0.25, 0.3) is 0 Å². The second-order valence-corrected chi connectivity index (χ2v) is 14.3. The minimum absolute atomic E-state index is 0.242. The number of aliphatic hydroxyl groups is 1. The van der Waals surface area contributed by atoms with Crippen LogP contribution in [0.25, 0.3) is 11.3 Å². The fourth-order valence-electron chi connectivity index (χ4n) is 3.66. The van der Waals surface area contributed by atoms with Crippen molar-refractivity contribution in [2.24, 2.45) is 0 Å². The highest BCUT2D eigenvalue weighted by atomic mass is 32.2. The number of carbonyl (C=O) groups excluding carboxylic acids is 2. The van der Waals surface area contributed by atoms with Gasteiger partial charge in [-0.3, -0.25) is 14.7 Å². The number of alkyl halides is 3. The molecule has 3 atom stereocenters. The van der Waals surface area contributed by atoms with Gasteiger partial charge >= 0.3 is 18.2 Å². The Morgan fingerprint density at radius 3 is 2.02 bits per heavy atom. The van der Waals surface area contributed by atoms with Crippen LogP contribution >= 0.6 is 0 Å². The molecule has 0 aliphatic rings. The van der Waals surface area contributed by atoms with Crippen LogP contribution in [-0.4, -0.2) is 73.4 Å². The van der Waals surface area contributed by atoms with Crippen molar-refractivity contribution < 1.29 is 46.3 Å². The molecule has 2 unspecified atom stereocenters. The quantitative estimate of drug-likeness (QED) is 0.291. The highest BCUT2D eigenvalue weighted by molar-refractivity contribution is 7.92. The minimum Gasteiger partial charge on any atom is -0.497 e. The zero-order valence-corrected chi connectivity index (χ0v) is 26.0. The van der Waals surface area contributed by atoms with E-state index >= 15 is 0 Å². The number of alkyl carbamates (subject to hydrolysis) is 1. The second-order valence-electron chi connectivity index (χ2n) is 11.9. The molecule has 3 N–H and O–H groups in total. The van der Waals surface area contributed by atoms with Crippen molar-refractivity contribution in [1.29, 1.82) is 4.78 Å². The average molecular weight is 633 g/mol. The number of hydrogen-bond acceptors (Lipinski definition) is 10. The molecule has 0 fully saturated rings. The molecule has 0 spiro atoms. The fourth-order valence-corrected chi connectivity index (χ4v) is 5.11. The molecule has 1 aromatic carbocycles. The van der Waals surface area contributed by atoms with Crippen LogP contribution in [0.15, 0.2) is 36.7 Å². The number of ether oxygens (including phenoxy) is 3. The van der Waals surface area contributed by atoms with Crippen molar-refractivity contribution >= 4 is 21.8 Å². The Balaban J connectivity index is 2.20. The van der Waals surface area contributed by atoms with E-state index in [4.69, 9.17) is 19.0 Å². The number of rotatable bonds is 11. The zero-order valence-electron chi connectivity index (χ0n) is 25.2. The highest BCUT2D eigenvalue weighted by Gasteiger charge is 2.56. The van der Waals surface area contributed by atoms with Crippen LogP contribution < -0.4 is 10.1 Å². The van der Waals surface area contributed by atoms with Crippen LogP contribution in [-0.2, 0) is 29.6 Å². The van der Waals surface area contributed by atoms with Crippen molar-refractivity contribution in [1.82, 2.24) is 15.3 Å². The number of nitrogens with zero attached hydrogens (tertiary/aromatic N) is 2. The average Bonchev–Trinajstić information content (AvgIpc) is 2.87. The SMILES string of the molecule is COc1ccc(-c2cnc(C(O)(CCS(=N)(=O)CC[C@H](NC(=O)OC(C)(C)C)C(=O)OC(C)(C)C)C(F)(F)F)cn2)cc1. The summed E-state index contributed by atoms with van der Waals surface area (Å²) in [6.45, 7) is 9.58. The molecule has 0 saturated carbocycles. The second kappa shape index (κ2) is 13.5. The molecule has 0 radical (unpaired) electrons. The first-order chi connectivity index (χ1) is 19.6. The molecule has 15 heteroatoms. The molecule has 1 heterocycles. The Morgan fingerprint density at radius 1 is 0.977 bits per heavy atom. The number of esters is 1. The number of amides is 1. The summed E-state index contributed by atoms with van der Waals surface area (Å²) in [7, 11) is -2.32. The van der Waals surface area contributed by atoms with Gasteiger partial charge in [0, 0.05) is 33.2 Å². The van der Waals surface area contributed by atoms with Gasteiger partial charge in [0.2, 0.25) is 5.60 Å². The van der Waals surface area contributed by atoms with Crippen LogP contribution in [0.5, 0.6) is 5.75 Å². The highest BCUT2D eigenvalue weighted by Crippen LogP contribution is 2.41. The third-order valence-electron chi connectivity index (χ3n) is 5.84. The lowest BCUT2D eigenvalue weighted by Gasteiger charge is -2.30. The molecule has 11 nitrogen and oxygen atoms in total. The molecular weight excluding hydrogens is 593 g/mol. The summed E-state index contributed by atoms with van der Waals surface area (Å²) in [5.74, 6) is -1.80. The number of carbonyl (C=O) groups is 2. The van der Waals surface area contributed by atoms with Crippen molar-refractivity contribution in [3.63, 3.8) is 0 Å². The first kappa shape index (κ1) is 35.7. The van der Waals surface area contributed by atoms with E-state index in [2.05, 4.69) is 15.3 Å². The van der Waals surface area contributed by atoms with E-state index in [1.54, 1.807) is 65.8 Å². The van der Waals surface area contributed by atoms with E-state index in [9.17, 15) is 32.1 Å².